The maximum Gasteiger partial charge on any atom is 0.288 e. The molecule has 1 amide bonds. The van der Waals surface area contributed by atoms with Crippen molar-refractivity contribution in [2.45, 2.75) is 12.8 Å². The first-order valence-electron chi connectivity index (χ1n) is 6.37. The minimum atomic E-state index is -0.604. The summed E-state index contributed by atoms with van der Waals surface area (Å²) in [4.78, 5) is 25.8. The highest BCUT2D eigenvalue weighted by atomic mass is 35.5. The Hall–Kier alpha value is -1.73. The van der Waals surface area contributed by atoms with E-state index in [1.54, 1.807) is 0 Å². The number of pyridine rings is 1. The van der Waals surface area contributed by atoms with Crippen molar-refractivity contribution in [3.8, 4) is 0 Å². The molecule has 1 saturated heterocycles. The Bertz CT molecular complexity index is 517. The summed E-state index contributed by atoms with van der Waals surface area (Å²) in [7, 11) is 0. The van der Waals surface area contributed by atoms with Crippen molar-refractivity contribution in [1.29, 1.82) is 0 Å². The predicted molar refractivity (Wildman–Crippen MR) is 73.8 cm³/mol. The quantitative estimate of drug-likeness (QED) is 0.497. The third-order valence-electron chi connectivity index (χ3n) is 3.29. The molecular weight excluding hydrogens is 284 g/mol. The van der Waals surface area contributed by atoms with E-state index < -0.39 is 10.8 Å². The number of hydrogen-bond acceptors (Lipinski definition) is 5. The molecule has 0 unspecified atom stereocenters. The first-order chi connectivity index (χ1) is 9.58. The molecule has 0 bridgehead atoms. The van der Waals surface area contributed by atoms with Crippen LogP contribution >= 0.6 is 11.6 Å². The summed E-state index contributed by atoms with van der Waals surface area (Å²) in [6, 6.07) is 1.15. The molecule has 20 heavy (non-hydrogen) atoms. The van der Waals surface area contributed by atoms with Gasteiger partial charge in [0.25, 0.3) is 11.6 Å². The SMILES string of the molecule is O=C(NCC1CCNCC1)c1cc([N+](=O)[O-])cnc1Cl. The van der Waals surface area contributed by atoms with Gasteiger partial charge < -0.3 is 10.6 Å². The predicted octanol–water partition coefficient (Wildman–Crippen LogP) is 1.37. The first-order valence-corrected chi connectivity index (χ1v) is 6.74. The van der Waals surface area contributed by atoms with E-state index in [2.05, 4.69) is 15.6 Å². The summed E-state index contributed by atoms with van der Waals surface area (Å²) in [5.41, 5.74) is -0.212. The van der Waals surface area contributed by atoms with Gasteiger partial charge in [-0.15, -0.1) is 0 Å². The van der Waals surface area contributed by atoms with Crippen LogP contribution in [0.2, 0.25) is 5.15 Å². The number of amides is 1. The molecule has 1 fully saturated rings. The van der Waals surface area contributed by atoms with Crippen LogP contribution in [-0.4, -0.2) is 35.4 Å². The van der Waals surface area contributed by atoms with Crippen LogP contribution in [0.1, 0.15) is 23.2 Å². The van der Waals surface area contributed by atoms with Crippen molar-refractivity contribution in [1.82, 2.24) is 15.6 Å². The number of hydrogen-bond donors (Lipinski definition) is 2. The fourth-order valence-electron chi connectivity index (χ4n) is 2.11. The zero-order valence-electron chi connectivity index (χ0n) is 10.8. The van der Waals surface area contributed by atoms with E-state index >= 15 is 0 Å². The average Bonchev–Trinajstić information content (AvgIpc) is 2.46. The van der Waals surface area contributed by atoms with E-state index in [1.165, 1.54) is 0 Å². The van der Waals surface area contributed by atoms with Crippen LogP contribution in [0.5, 0.6) is 0 Å². The highest BCUT2D eigenvalue weighted by Gasteiger charge is 2.19. The third kappa shape index (κ3) is 3.64. The lowest BCUT2D eigenvalue weighted by molar-refractivity contribution is -0.385. The van der Waals surface area contributed by atoms with Crippen LogP contribution in [-0.2, 0) is 0 Å². The van der Waals surface area contributed by atoms with Gasteiger partial charge in [0.1, 0.15) is 11.3 Å². The first kappa shape index (κ1) is 14.7. The molecular formula is C12H15ClN4O3. The topological polar surface area (TPSA) is 97.2 Å². The van der Waals surface area contributed by atoms with Crippen LogP contribution in [0.4, 0.5) is 5.69 Å². The Kier molecular flexibility index (Phi) is 4.86. The number of nitro groups is 1. The lowest BCUT2D eigenvalue weighted by atomic mass is 9.98. The second kappa shape index (κ2) is 6.62. The fraction of sp³-hybridized carbons (Fsp3) is 0.500. The van der Waals surface area contributed by atoms with Crippen molar-refractivity contribution in [3.63, 3.8) is 0 Å². The Morgan fingerprint density at radius 1 is 1.55 bits per heavy atom. The van der Waals surface area contributed by atoms with Gasteiger partial charge in [0.2, 0.25) is 0 Å². The maximum atomic E-state index is 12.0. The minimum absolute atomic E-state index is 0.0292. The van der Waals surface area contributed by atoms with E-state index in [1.807, 2.05) is 0 Å². The van der Waals surface area contributed by atoms with Gasteiger partial charge >= 0.3 is 0 Å². The van der Waals surface area contributed by atoms with E-state index in [4.69, 9.17) is 11.6 Å². The zero-order valence-corrected chi connectivity index (χ0v) is 11.5. The number of nitrogens with zero attached hydrogens (tertiary/aromatic N) is 2. The van der Waals surface area contributed by atoms with Gasteiger partial charge in [0.05, 0.1) is 10.5 Å². The molecule has 2 rings (SSSR count). The number of halogens is 1. The Labute approximate surface area is 120 Å². The van der Waals surface area contributed by atoms with Crippen LogP contribution < -0.4 is 10.6 Å². The van der Waals surface area contributed by atoms with Gasteiger partial charge in [-0.3, -0.25) is 14.9 Å². The number of rotatable bonds is 4. The second-order valence-corrected chi connectivity index (χ2v) is 5.05. The standard InChI is InChI=1S/C12H15ClN4O3/c13-11-10(5-9(7-15-11)17(19)20)12(18)16-6-8-1-3-14-4-2-8/h5,7-8,14H,1-4,6H2,(H,16,18). The number of carbonyl (C=O) groups excluding carboxylic acids is 1. The molecule has 7 nitrogen and oxygen atoms in total. The molecule has 0 atom stereocenters. The number of aromatic nitrogens is 1. The molecule has 1 aliphatic rings. The Morgan fingerprint density at radius 2 is 2.25 bits per heavy atom. The van der Waals surface area contributed by atoms with Gasteiger partial charge in [-0.2, -0.15) is 0 Å². The van der Waals surface area contributed by atoms with Gasteiger partial charge in [-0.05, 0) is 31.8 Å². The highest BCUT2D eigenvalue weighted by molar-refractivity contribution is 6.32. The summed E-state index contributed by atoms with van der Waals surface area (Å²) in [5, 5.41) is 16.7. The van der Waals surface area contributed by atoms with Gasteiger partial charge in [0, 0.05) is 12.6 Å². The lowest BCUT2D eigenvalue weighted by Crippen LogP contribution is -2.36. The lowest BCUT2D eigenvalue weighted by Gasteiger charge is -2.22. The summed E-state index contributed by atoms with van der Waals surface area (Å²) >= 11 is 5.81. The van der Waals surface area contributed by atoms with E-state index in [9.17, 15) is 14.9 Å². The van der Waals surface area contributed by atoms with Gasteiger partial charge in [0.15, 0.2) is 0 Å². The number of nitrogens with one attached hydrogen (secondary N) is 2. The highest BCUT2D eigenvalue weighted by Crippen LogP contribution is 2.19. The van der Waals surface area contributed by atoms with Crippen LogP contribution in [0.15, 0.2) is 12.3 Å². The maximum absolute atomic E-state index is 12.0. The van der Waals surface area contributed by atoms with Crippen molar-refractivity contribution < 1.29 is 9.72 Å². The monoisotopic (exact) mass is 298 g/mol. The van der Waals surface area contributed by atoms with Crippen molar-refractivity contribution in [2.75, 3.05) is 19.6 Å². The van der Waals surface area contributed by atoms with Crippen molar-refractivity contribution in [3.05, 3.63) is 33.1 Å². The Balaban J connectivity index is 2.00. The molecule has 2 N–H and O–H groups in total. The number of piperidine rings is 1. The molecule has 1 aliphatic heterocycles. The molecule has 0 aliphatic carbocycles. The fourth-order valence-corrected chi connectivity index (χ4v) is 2.30. The van der Waals surface area contributed by atoms with Crippen LogP contribution in [0.3, 0.4) is 0 Å². The van der Waals surface area contributed by atoms with Gasteiger partial charge in [-0.25, -0.2) is 4.98 Å². The summed E-state index contributed by atoms with van der Waals surface area (Å²) < 4.78 is 0. The van der Waals surface area contributed by atoms with E-state index in [0.29, 0.717) is 12.5 Å². The van der Waals surface area contributed by atoms with Crippen LogP contribution in [0, 0.1) is 16.0 Å². The summed E-state index contributed by atoms with van der Waals surface area (Å²) in [5.74, 6) is -0.00429. The Morgan fingerprint density at radius 3 is 2.90 bits per heavy atom. The average molecular weight is 299 g/mol. The van der Waals surface area contributed by atoms with Gasteiger partial charge in [-0.1, -0.05) is 11.6 Å². The smallest absolute Gasteiger partial charge is 0.288 e. The minimum Gasteiger partial charge on any atom is -0.352 e. The third-order valence-corrected chi connectivity index (χ3v) is 3.59. The molecule has 0 radical (unpaired) electrons. The second-order valence-electron chi connectivity index (χ2n) is 4.69. The summed E-state index contributed by atoms with van der Waals surface area (Å²) in [6.45, 7) is 2.43. The molecule has 1 aromatic rings. The molecule has 8 heteroatoms. The summed E-state index contributed by atoms with van der Waals surface area (Å²) in [6.07, 6.45) is 3.04. The normalized spacial score (nSPS) is 15.8. The van der Waals surface area contributed by atoms with E-state index in [0.717, 1.165) is 38.2 Å². The molecule has 2 heterocycles. The largest absolute Gasteiger partial charge is 0.352 e. The molecule has 0 spiro atoms. The van der Waals surface area contributed by atoms with E-state index in [-0.39, 0.29) is 16.4 Å². The molecule has 0 aromatic carbocycles. The zero-order chi connectivity index (χ0) is 14.5. The molecule has 0 saturated carbocycles. The van der Waals surface area contributed by atoms with Crippen molar-refractivity contribution in [2.24, 2.45) is 5.92 Å². The molecule has 108 valence electrons. The van der Waals surface area contributed by atoms with Crippen molar-refractivity contribution >= 4 is 23.2 Å². The number of carbonyl (C=O) groups is 1. The van der Waals surface area contributed by atoms with Crippen LogP contribution in [0.25, 0.3) is 0 Å². The molecule has 1 aromatic heterocycles.